The maximum absolute atomic E-state index is 12.7. The van der Waals surface area contributed by atoms with E-state index in [1.54, 1.807) is 35.0 Å². The molecule has 8 heteroatoms. The first-order chi connectivity index (χ1) is 11.9. The Morgan fingerprint density at radius 3 is 2.64 bits per heavy atom. The van der Waals surface area contributed by atoms with Crippen molar-refractivity contribution in [2.75, 3.05) is 26.7 Å². The van der Waals surface area contributed by atoms with E-state index in [0.29, 0.717) is 6.54 Å². The summed E-state index contributed by atoms with van der Waals surface area (Å²) < 4.78 is 28.6. The zero-order valence-corrected chi connectivity index (χ0v) is 15.3. The van der Waals surface area contributed by atoms with Gasteiger partial charge in [0.15, 0.2) is 0 Å². The SMILES string of the molecule is CN(CCc1cnn(C)c1)[C@H]1CN(S(=O)(=O)c2ccccc2)C[C@@H]1O. The molecule has 0 saturated carbocycles. The lowest BCUT2D eigenvalue weighted by molar-refractivity contribution is 0.0999. The van der Waals surface area contributed by atoms with E-state index >= 15 is 0 Å². The van der Waals surface area contributed by atoms with Crippen LogP contribution < -0.4 is 0 Å². The Hall–Kier alpha value is -1.74. The van der Waals surface area contributed by atoms with Crippen LogP contribution in [0, 0.1) is 0 Å². The summed E-state index contributed by atoms with van der Waals surface area (Å²) >= 11 is 0. The first-order valence-electron chi connectivity index (χ1n) is 8.29. The number of aliphatic hydroxyl groups excluding tert-OH is 1. The molecule has 0 aliphatic carbocycles. The van der Waals surface area contributed by atoms with Gasteiger partial charge in [0.25, 0.3) is 0 Å². The summed E-state index contributed by atoms with van der Waals surface area (Å²) in [5.41, 5.74) is 1.12. The quantitative estimate of drug-likeness (QED) is 0.799. The van der Waals surface area contributed by atoms with Crippen LogP contribution in [-0.4, -0.2) is 71.3 Å². The molecule has 7 nitrogen and oxygen atoms in total. The van der Waals surface area contributed by atoms with Gasteiger partial charge in [-0.2, -0.15) is 9.40 Å². The van der Waals surface area contributed by atoms with E-state index in [0.717, 1.165) is 18.5 Å². The van der Waals surface area contributed by atoms with Crippen molar-refractivity contribution >= 4 is 10.0 Å². The Morgan fingerprint density at radius 1 is 1.28 bits per heavy atom. The maximum atomic E-state index is 12.7. The molecule has 0 unspecified atom stereocenters. The van der Waals surface area contributed by atoms with E-state index in [4.69, 9.17) is 0 Å². The molecule has 0 bridgehead atoms. The molecule has 136 valence electrons. The van der Waals surface area contributed by atoms with Gasteiger partial charge in [0, 0.05) is 32.9 Å². The summed E-state index contributed by atoms with van der Waals surface area (Å²) in [5.74, 6) is 0. The van der Waals surface area contributed by atoms with Gasteiger partial charge in [-0.3, -0.25) is 9.58 Å². The number of hydrogen-bond acceptors (Lipinski definition) is 5. The average Bonchev–Trinajstić information content (AvgIpc) is 3.19. The zero-order valence-electron chi connectivity index (χ0n) is 14.5. The van der Waals surface area contributed by atoms with Crippen LogP contribution in [0.2, 0.25) is 0 Å². The van der Waals surface area contributed by atoms with Gasteiger partial charge in [-0.05, 0) is 31.2 Å². The zero-order chi connectivity index (χ0) is 18.0. The highest BCUT2D eigenvalue weighted by Crippen LogP contribution is 2.23. The second kappa shape index (κ2) is 7.25. The molecule has 2 aromatic rings. The van der Waals surface area contributed by atoms with Crippen molar-refractivity contribution < 1.29 is 13.5 Å². The predicted octanol–water partition coefficient (Wildman–Crippen LogP) is 0.328. The lowest BCUT2D eigenvalue weighted by Gasteiger charge is -2.26. The third-order valence-electron chi connectivity index (χ3n) is 4.68. The van der Waals surface area contributed by atoms with Crippen LogP contribution in [0.1, 0.15) is 5.56 Å². The van der Waals surface area contributed by atoms with Gasteiger partial charge in [-0.1, -0.05) is 18.2 Å². The van der Waals surface area contributed by atoms with Crippen LogP contribution >= 0.6 is 0 Å². The van der Waals surface area contributed by atoms with Crippen molar-refractivity contribution in [3.05, 3.63) is 48.3 Å². The van der Waals surface area contributed by atoms with E-state index in [9.17, 15) is 13.5 Å². The lowest BCUT2D eigenvalue weighted by atomic mass is 10.1. The van der Waals surface area contributed by atoms with Gasteiger partial charge >= 0.3 is 0 Å². The van der Waals surface area contributed by atoms with Gasteiger partial charge in [0.1, 0.15) is 0 Å². The minimum absolute atomic E-state index is 0.124. The van der Waals surface area contributed by atoms with E-state index in [-0.39, 0.29) is 17.5 Å². The number of β-amino-alcohol motifs (C(OH)–C–C–N with tert-alkyl or cyclic N) is 1. The molecule has 0 spiro atoms. The van der Waals surface area contributed by atoms with E-state index < -0.39 is 16.1 Å². The molecule has 1 aromatic carbocycles. The molecule has 1 N–H and O–H groups in total. The Bertz CT molecular complexity index is 806. The van der Waals surface area contributed by atoms with E-state index in [1.165, 1.54) is 4.31 Å². The minimum Gasteiger partial charge on any atom is -0.390 e. The third-order valence-corrected chi connectivity index (χ3v) is 6.53. The van der Waals surface area contributed by atoms with Crippen LogP contribution in [0.3, 0.4) is 0 Å². The molecule has 1 aliphatic rings. The summed E-state index contributed by atoms with van der Waals surface area (Å²) in [5, 5.41) is 14.5. The number of hydrogen-bond donors (Lipinski definition) is 1. The molecule has 2 atom stereocenters. The second-order valence-electron chi connectivity index (χ2n) is 6.52. The average molecular weight is 364 g/mol. The molecule has 2 heterocycles. The number of aryl methyl sites for hydroxylation is 1. The van der Waals surface area contributed by atoms with E-state index in [1.807, 2.05) is 31.4 Å². The Morgan fingerprint density at radius 2 is 2.00 bits per heavy atom. The van der Waals surface area contributed by atoms with Crippen LogP contribution in [0.4, 0.5) is 0 Å². The molecule has 1 fully saturated rings. The predicted molar refractivity (Wildman–Crippen MR) is 94.5 cm³/mol. The fraction of sp³-hybridized carbons (Fsp3) is 0.471. The fourth-order valence-electron chi connectivity index (χ4n) is 3.18. The largest absolute Gasteiger partial charge is 0.390 e. The normalized spacial score (nSPS) is 21.9. The Labute approximate surface area is 148 Å². The highest BCUT2D eigenvalue weighted by atomic mass is 32.2. The number of likely N-dealkylation sites (N-methyl/N-ethyl adjacent to an activating group) is 1. The van der Waals surface area contributed by atoms with Crippen molar-refractivity contribution in [3.63, 3.8) is 0 Å². The number of benzene rings is 1. The lowest BCUT2D eigenvalue weighted by Crippen LogP contribution is -2.42. The first kappa shape index (κ1) is 18.1. The molecule has 1 saturated heterocycles. The molecular weight excluding hydrogens is 340 g/mol. The van der Waals surface area contributed by atoms with Crippen molar-refractivity contribution in [2.45, 2.75) is 23.5 Å². The third kappa shape index (κ3) is 3.92. The van der Waals surface area contributed by atoms with Gasteiger partial charge < -0.3 is 5.11 Å². The summed E-state index contributed by atoms with van der Waals surface area (Å²) in [7, 11) is 0.226. The Balaban J connectivity index is 1.64. The topological polar surface area (TPSA) is 78.7 Å². The molecule has 0 amide bonds. The van der Waals surface area contributed by atoms with Gasteiger partial charge in [-0.15, -0.1) is 0 Å². The molecule has 25 heavy (non-hydrogen) atoms. The molecule has 3 rings (SSSR count). The molecule has 1 aromatic heterocycles. The van der Waals surface area contributed by atoms with Gasteiger partial charge in [-0.25, -0.2) is 8.42 Å². The highest BCUT2D eigenvalue weighted by molar-refractivity contribution is 7.89. The van der Waals surface area contributed by atoms with Gasteiger partial charge in [0.2, 0.25) is 10.0 Å². The highest BCUT2D eigenvalue weighted by Gasteiger charge is 2.40. The summed E-state index contributed by atoms with van der Waals surface area (Å²) in [6.45, 7) is 1.15. The summed E-state index contributed by atoms with van der Waals surface area (Å²) in [6.07, 6.45) is 3.90. The molecule has 0 radical (unpaired) electrons. The summed E-state index contributed by atoms with van der Waals surface area (Å²) in [4.78, 5) is 2.29. The number of rotatable bonds is 6. The van der Waals surface area contributed by atoms with Crippen molar-refractivity contribution in [3.8, 4) is 0 Å². The fourth-order valence-corrected chi connectivity index (χ4v) is 4.68. The van der Waals surface area contributed by atoms with Crippen molar-refractivity contribution in [1.82, 2.24) is 19.0 Å². The number of aromatic nitrogens is 2. The van der Waals surface area contributed by atoms with Gasteiger partial charge in [0.05, 0.1) is 23.2 Å². The van der Waals surface area contributed by atoms with Crippen molar-refractivity contribution in [2.24, 2.45) is 7.05 Å². The first-order valence-corrected chi connectivity index (χ1v) is 9.73. The molecular formula is C17H24N4O3S. The van der Waals surface area contributed by atoms with Crippen LogP contribution in [0.5, 0.6) is 0 Å². The molecule has 1 aliphatic heterocycles. The monoisotopic (exact) mass is 364 g/mol. The number of sulfonamides is 1. The van der Waals surface area contributed by atoms with Crippen molar-refractivity contribution in [1.29, 1.82) is 0 Å². The Kier molecular flexibility index (Phi) is 5.24. The summed E-state index contributed by atoms with van der Waals surface area (Å²) in [6, 6.07) is 8.15. The minimum atomic E-state index is -3.57. The number of nitrogens with zero attached hydrogens (tertiary/aromatic N) is 4. The smallest absolute Gasteiger partial charge is 0.243 e. The van der Waals surface area contributed by atoms with E-state index in [2.05, 4.69) is 5.10 Å². The van der Waals surface area contributed by atoms with Crippen LogP contribution in [0.25, 0.3) is 0 Å². The standard InChI is InChI=1S/C17H24N4O3S/c1-19(9-8-14-10-18-20(2)11-14)16-12-21(13-17(16)22)25(23,24)15-6-4-3-5-7-15/h3-7,10-11,16-17,22H,8-9,12-13H2,1-2H3/t16-,17-/m0/s1. The number of aliphatic hydroxyl groups is 1. The van der Waals surface area contributed by atoms with Crippen LogP contribution in [0.15, 0.2) is 47.6 Å². The van der Waals surface area contributed by atoms with Crippen LogP contribution in [-0.2, 0) is 23.5 Å². The second-order valence-corrected chi connectivity index (χ2v) is 8.46. The maximum Gasteiger partial charge on any atom is 0.243 e.